The molecular formula is C12H23NO. The minimum Gasteiger partial charge on any atom is -0.301 e. The van der Waals surface area contributed by atoms with Gasteiger partial charge in [0.1, 0.15) is 5.78 Å². The Morgan fingerprint density at radius 1 is 1.14 bits per heavy atom. The summed E-state index contributed by atoms with van der Waals surface area (Å²) in [5, 5.41) is 0. The highest BCUT2D eigenvalue weighted by molar-refractivity contribution is 5.78. The second-order valence-corrected chi connectivity index (χ2v) is 4.34. The van der Waals surface area contributed by atoms with E-state index in [0.717, 1.165) is 32.0 Å². The average Bonchev–Trinajstić information content (AvgIpc) is 2.20. The van der Waals surface area contributed by atoms with Gasteiger partial charge in [0.25, 0.3) is 0 Å². The first kappa shape index (κ1) is 11.7. The van der Waals surface area contributed by atoms with Crippen molar-refractivity contribution in [3.63, 3.8) is 0 Å². The smallest absolute Gasteiger partial charge is 0.132 e. The number of hydrogen-bond donors (Lipinski definition) is 0. The number of nitrogens with zero attached hydrogens (tertiary/aromatic N) is 1. The maximum absolute atomic E-state index is 11.2. The van der Waals surface area contributed by atoms with E-state index < -0.39 is 0 Å². The molecule has 0 aromatic carbocycles. The standard InChI is InChI=1S/C12H23NO/c1-4-13(5-2)12-8-6-11(7-9-12)10(3)14/h11-12H,4-9H2,1-3H3. The Labute approximate surface area is 87.7 Å². The van der Waals surface area contributed by atoms with Crippen molar-refractivity contribution >= 4 is 5.78 Å². The largest absolute Gasteiger partial charge is 0.301 e. The summed E-state index contributed by atoms with van der Waals surface area (Å²) in [6.45, 7) is 8.47. The van der Waals surface area contributed by atoms with Crippen LogP contribution in [0.4, 0.5) is 0 Å². The summed E-state index contributed by atoms with van der Waals surface area (Å²) in [5.74, 6) is 0.754. The molecule has 0 aromatic rings. The number of carbonyl (C=O) groups is 1. The number of Topliss-reactive ketones (excluding diaryl/α,β-unsaturated/α-hetero) is 1. The Balaban J connectivity index is 2.38. The summed E-state index contributed by atoms with van der Waals surface area (Å²) in [6.07, 6.45) is 4.64. The SMILES string of the molecule is CCN(CC)C1CCC(C(C)=O)CC1. The third-order valence-corrected chi connectivity index (χ3v) is 3.60. The van der Waals surface area contributed by atoms with Gasteiger partial charge >= 0.3 is 0 Å². The summed E-state index contributed by atoms with van der Waals surface area (Å²) in [7, 11) is 0. The topological polar surface area (TPSA) is 20.3 Å². The maximum atomic E-state index is 11.2. The summed E-state index contributed by atoms with van der Waals surface area (Å²) in [4.78, 5) is 13.7. The van der Waals surface area contributed by atoms with Gasteiger partial charge in [0.15, 0.2) is 0 Å². The van der Waals surface area contributed by atoms with E-state index in [1.807, 2.05) is 0 Å². The fraction of sp³-hybridized carbons (Fsp3) is 0.917. The summed E-state index contributed by atoms with van der Waals surface area (Å²) in [6, 6.07) is 0.737. The molecule has 0 N–H and O–H groups in total. The van der Waals surface area contributed by atoms with E-state index in [2.05, 4.69) is 18.7 Å². The zero-order valence-corrected chi connectivity index (χ0v) is 9.75. The van der Waals surface area contributed by atoms with E-state index in [-0.39, 0.29) is 0 Å². The van der Waals surface area contributed by atoms with Crippen molar-refractivity contribution in [2.24, 2.45) is 5.92 Å². The van der Waals surface area contributed by atoms with Crippen LogP contribution in [0, 0.1) is 5.92 Å². The van der Waals surface area contributed by atoms with Crippen molar-refractivity contribution in [1.82, 2.24) is 4.90 Å². The highest BCUT2D eigenvalue weighted by Crippen LogP contribution is 2.27. The predicted molar refractivity (Wildman–Crippen MR) is 59.3 cm³/mol. The Hall–Kier alpha value is -0.370. The molecule has 82 valence electrons. The highest BCUT2D eigenvalue weighted by atomic mass is 16.1. The molecule has 1 aliphatic rings. The van der Waals surface area contributed by atoms with Crippen LogP contribution < -0.4 is 0 Å². The van der Waals surface area contributed by atoms with Crippen LogP contribution >= 0.6 is 0 Å². The lowest BCUT2D eigenvalue weighted by Gasteiger charge is -2.35. The molecular weight excluding hydrogens is 174 g/mol. The molecule has 2 heteroatoms. The van der Waals surface area contributed by atoms with Gasteiger partial charge < -0.3 is 4.90 Å². The van der Waals surface area contributed by atoms with Crippen LogP contribution in [0.25, 0.3) is 0 Å². The van der Waals surface area contributed by atoms with Gasteiger partial charge in [-0.1, -0.05) is 13.8 Å². The van der Waals surface area contributed by atoms with Gasteiger partial charge in [-0.3, -0.25) is 4.79 Å². The Morgan fingerprint density at radius 3 is 2.00 bits per heavy atom. The molecule has 0 atom stereocenters. The van der Waals surface area contributed by atoms with E-state index in [1.165, 1.54) is 12.8 Å². The first-order valence-corrected chi connectivity index (χ1v) is 5.93. The normalized spacial score (nSPS) is 28.0. The Kier molecular flexibility index (Phi) is 4.59. The molecule has 0 unspecified atom stereocenters. The molecule has 0 bridgehead atoms. The van der Waals surface area contributed by atoms with Crippen LogP contribution in [-0.2, 0) is 4.79 Å². The molecule has 0 amide bonds. The average molecular weight is 197 g/mol. The number of hydrogen-bond acceptors (Lipinski definition) is 2. The molecule has 0 heterocycles. The van der Waals surface area contributed by atoms with Gasteiger partial charge in [0.2, 0.25) is 0 Å². The van der Waals surface area contributed by atoms with Gasteiger partial charge in [-0.15, -0.1) is 0 Å². The van der Waals surface area contributed by atoms with Gasteiger partial charge in [0.05, 0.1) is 0 Å². The zero-order chi connectivity index (χ0) is 10.6. The predicted octanol–water partition coefficient (Wildman–Crippen LogP) is 2.48. The van der Waals surface area contributed by atoms with Gasteiger partial charge in [-0.2, -0.15) is 0 Å². The van der Waals surface area contributed by atoms with E-state index in [0.29, 0.717) is 11.7 Å². The van der Waals surface area contributed by atoms with Crippen molar-refractivity contribution in [3.8, 4) is 0 Å². The van der Waals surface area contributed by atoms with Crippen molar-refractivity contribution in [2.45, 2.75) is 52.5 Å². The molecule has 1 fully saturated rings. The lowest BCUT2D eigenvalue weighted by atomic mass is 9.83. The lowest BCUT2D eigenvalue weighted by molar-refractivity contribution is -0.122. The first-order chi connectivity index (χ1) is 6.69. The van der Waals surface area contributed by atoms with Crippen molar-refractivity contribution in [2.75, 3.05) is 13.1 Å². The molecule has 14 heavy (non-hydrogen) atoms. The van der Waals surface area contributed by atoms with Crippen LogP contribution in [0.3, 0.4) is 0 Å². The minimum atomic E-state index is 0.363. The molecule has 0 aliphatic heterocycles. The van der Waals surface area contributed by atoms with E-state index in [4.69, 9.17) is 0 Å². The van der Waals surface area contributed by atoms with Crippen molar-refractivity contribution in [1.29, 1.82) is 0 Å². The van der Waals surface area contributed by atoms with Crippen molar-refractivity contribution < 1.29 is 4.79 Å². The zero-order valence-electron chi connectivity index (χ0n) is 9.75. The molecule has 1 saturated carbocycles. The molecule has 1 aliphatic carbocycles. The lowest BCUT2D eigenvalue weighted by Crippen LogP contribution is -2.38. The van der Waals surface area contributed by atoms with E-state index in [1.54, 1.807) is 6.92 Å². The fourth-order valence-electron chi connectivity index (χ4n) is 2.59. The van der Waals surface area contributed by atoms with Crippen LogP contribution in [0.5, 0.6) is 0 Å². The summed E-state index contributed by atoms with van der Waals surface area (Å²) >= 11 is 0. The Morgan fingerprint density at radius 2 is 1.64 bits per heavy atom. The van der Waals surface area contributed by atoms with E-state index in [9.17, 15) is 4.79 Å². The number of carbonyl (C=O) groups excluding carboxylic acids is 1. The van der Waals surface area contributed by atoms with Crippen LogP contribution in [0.15, 0.2) is 0 Å². The third kappa shape index (κ3) is 2.81. The minimum absolute atomic E-state index is 0.363. The Bertz CT molecular complexity index is 179. The number of rotatable bonds is 4. The van der Waals surface area contributed by atoms with Gasteiger partial charge in [0, 0.05) is 12.0 Å². The van der Waals surface area contributed by atoms with Crippen LogP contribution in [-0.4, -0.2) is 29.8 Å². The fourth-order valence-corrected chi connectivity index (χ4v) is 2.59. The monoisotopic (exact) mass is 197 g/mol. The molecule has 1 rings (SSSR count). The van der Waals surface area contributed by atoms with E-state index >= 15 is 0 Å². The van der Waals surface area contributed by atoms with Crippen LogP contribution in [0.2, 0.25) is 0 Å². The summed E-state index contributed by atoms with van der Waals surface area (Å²) < 4.78 is 0. The van der Waals surface area contributed by atoms with Gasteiger partial charge in [-0.05, 0) is 45.7 Å². The molecule has 0 saturated heterocycles. The molecule has 2 nitrogen and oxygen atoms in total. The summed E-state index contributed by atoms with van der Waals surface area (Å²) in [5.41, 5.74) is 0. The highest BCUT2D eigenvalue weighted by Gasteiger charge is 2.26. The molecule has 0 radical (unpaired) electrons. The molecule has 0 aromatic heterocycles. The van der Waals surface area contributed by atoms with Gasteiger partial charge in [-0.25, -0.2) is 0 Å². The van der Waals surface area contributed by atoms with Crippen molar-refractivity contribution in [3.05, 3.63) is 0 Å². The second-order valence-electron chi connectivity index (χ2n) is 4.34. The number of ketones is 1. The quantitative estimate of drug-likeness (QED) is 0.690. The third-order valence-electron chi connectivity index (χ3n) is 3.60. The molecule has 0 spiro atoms. The first-order valence-electron chi connectivity index (χ1n) is 5.93. The van der Waals surface area contributed by atoms with Crippen LogP contribution in [0.1, 0.15) is 46.5 Å². The second kappa shape index (κ2) is 5.50. The maximum Gasteiger partial charge on any atom is 0.132 e.